The van der Waals surface area contributed by atoms with E-state index in [4.69, 9.17) is 20.0 Å². The molecule has 0 aliphatic rings. The Morgan fingerprint density at radius 1 is 0.684 bits per heavy atom. The van der Waals surface area contributed by atoms with Crippen molar-refractivity contribution >= 4 is 29.8 Å². The molecule has 0 saturated heterocycles. The van der Waals surface area contributed by atoms with E-state index < -0.39 is 23.2 Å². The average molecular weight is 445 g/mol. The molecule has 91 valence electrons. The van der Waals surface area contributed by atoms with Crippen LogP contribution in [0.4, 0.5) is 0 Å². The van der Waals surface area contributed by atoms with Crippen molar-refractivity contribution < 1.29 is 9.47 Å². The Balaban J connectivity index is 2.04. The maximum absolute atomic E-state index is 8.40. The summed E-state index contributed by atoms with van der Waals surface area (Å²) in [6, 6.07) is 15.2. The molecule has 2 aromatic rings. The quantitative estimate of drug-likeness (QED) is 0.522. The standard InChI is InChI=1S/2C7H4NO.Bi/c2*8-6-9-7-4-2-1-3-5-7;/h2*2-5H;. The molecule has 5 heteroatoms. The van der Waals surface area contributed by atoms with Gasteiger partial charge in [0.15, 0.2) is 0 Å². The van der Waals surface area contributed by atoms with Crippen LogP contribution in [0.1, 0.15) is 0 Å². The zero-order chi connectivity index (χ0) is 13.5. The molecule has 0 heterocycles. The van der Waals surface area contributed by atoms with Gasteiger partial charge in [0.2, 0.25) is 0 Å². The van der Waals surface area contributed by atoms with Gasteiger partial charge >= 0.3 is 122 Å². The molecular formula is C14H8BiN2O2. The molecule has 0 aliphatic carbocycles. The van der Waals surface area contributed by atoms with Crippen LogP contribution in [-0.4, -0.2) is 23.2 Å². The molecule has 1 radical (unpaired) electrons. The van der Waals surface area contributed by atoms with Gasteiger partial charge in [-0.1, -0.05) is 0 Å². The molecule has 19 heavy (non-hydrogen) atoms. The summed E-state index contributed by atoms with van der Waals surface area (Å²) in [4.78, 5) is 0. The van der Waals surface area contributed by atoms with Gasteiger partial charge in [-0.2, -0.15) is 0 Å². The summed E-state index contributed by atoms with van der Waals surface area (Å²) in [5.41, 5.74) is 0. The number of nitriles is 2. The van der Waals surface area contributed by atoms with Crippen LogP contribution in [0.5, 0.6) is 11.5 Å². The SMILES string of the molecule is N#COc1cc[c]([Bi][c]2ccc(OC#N)cc2)cc1. The molecule has 0 aliphatic heterocycles. The molecule has 0 bridgehead atoms. The van der Waals surface area contributed by atoms with Crippen LogP contribution < -0.4 is 16.0 Å². The van der Waals surface area contributed by atoms with E-state index in [0.29, 0.717) is 11.5 Å². The van der Waals surface area contributed by atoms with Gasteiger partial charge in [-0.25, -0.2) is 0 Å². The van der Waals surface area contributed by atoms with Gasteiger partial charge in [0, 0.05) is 0 Å². The average Bonchev–Trinajstić information content (AvgIpc) is 2.44. The zero-order valence-corrected chi connectivity index (χ0v) is 13.3. The Morgan fingerprint density at radius 2 is 1.05 bits per heavy atom. The van der Waals surface area contributed by atoms with Gasteiger partial charge in [0.25, 0.3) is 0 Å². The van der Waals surface area contributed by atoms with Crippen LogP contribution in [0.25, 0.3) is 0 Å². The molecule has 0 unspecified atom stereocenters. The predicted octanol–water partition coefficient (Wildman–Crippen LogP) is 1.06. The Bertz CT molecular complexity index is 567. The van der Waals surface area contributed by atoms with Crippen molar-refractivity contribution in [2.75, 3.05) is 0 Å². The summed E-state index contributed by atoms with van der Waals surface area (Å²) in [5, 5.41) is 16.8. The molecule has 4 nitrogen and oxygen atoms in total. The van der Waals surface area contributed by atoms with E-state index in [2.05, 4.69) is 0 Å². The second-order valence-corrected chi connectivity index (χ2v) is 8.37. The summed E-state index contributed by atoms with van der Waals surface area (Å²) < 4.78 is 12.0. The molecular weight excluding hydrogens is 437 g/mol. The van der Waals surface area contributed by atoms with Gasteiger partial charge in [0.1, 0.15) is 0 Å². The van der Waals surface area contributed by atoms with Gasteiger partial charge < -0.3 is 0 Å². The van der Waals surface area contributed by atoms with Gasteiger partial charge in [-0.05, 0) is 0 Å². The molecule has 0 N–H and O–H groups in total. The van der Waals surface area contributed by atoms with E-state index >= 15 is 0 Å². The molecule has 0 saturated carbocycles. The van der Waals surface area contributed by atoms with Crippen molar-refractivity contribution in [3.05, 3.63) is 48.5 Å². The third kappa shape index (κ3) is 3.95. The third-order valence-electron chi connectivity index (χ3n) is 2.26. The van der Waals surface area contributed by atoms with Crippen LogP contribution in [0.3, 0.4) is 0 Å². The number of ether oxygens (including phenoxy) is 2. The van der Waals surface area contributed by atoms with Gasteiger partial charge in [0.05, 0.1) is 0 Å². The van der Waals surface area contributed by atoms with Gasteiger partial charge in [-0.3, -0.25) is 0 Å². The number of rotatable bonds is 4. The Kier molecular flexibility index (Phi) is 4.73. The number of hydrogen-bond donors (Lipinski definition) is 0. The molecule has 0 atom stereocenters. The maximum atomic E-state index is 8.40. The van der Waals surface area contributed by atoms with E-state index in [1.807, 2.05) is 24.3 Å². The Labute approximate surface area is 122 Å². The molecule has 0 amide bonds. The molecule has 2 rings (SSSR count). The fourth-order valence-corrected chi connectivity index (χ4v) is 4.91. The first-order valence-corrected chi connectivity index (χ1v) is 8.83. The van der Waals surface area contributed by atoms with E-state index in [-0.39, 0.29) is 0 Å². The molecule has 0 fully saturated rings. The summed E-state index contributed by atoms with van der Waals surface area (Å²) in [6.07, 6.45) is 3.29. The minimum atomic E-state index is -0.971. The fourth-order valence-electron chi connectivity index (χ4n) is 1.43. The van der Waals surface area contributed by atoms with Crippen molar-refractivity contribution in [1.82, 2.24) is 0 Å². The van der Waals surface area contributed by atoms with Crippen LogP contribution in [0.15, 0.2) is 48.5 Å². The van der Waals surface area contributed by atoms with E-state index in [0.717, 1.165) is 0 Å². The van der Waals surface area contributed by atoms with Crippen LogP contribution in [-0.2, 0) is 0 Å². The summed E-state index contributed by atoms with van der Waals surface area (Å²) in [7, 11) is 0. The first-order chi connectivity index (χ1) is 9.31. The van der Waals surface area contributed by atoms with Crippen molar-refractivity contribution in [3.63, 3.8) is 0 Å². The normalized spacial score (nSPS) is 9.16. The number of benzene rings is 2. The van der Waals surface area contributed by atoms with E-state index in [9.17, 15) is 0 Å². The summed E-state index contributed by atoms with van der Waals surface area (Å²) >= 11 is -0.971. The van der Waals surface area contributed by atoms with Gasteiger partial charge in [-0.15, -0.1) is 0 Å². The first-order valence-electron chi connectivity index (χ1n) is 5.35. The number of hydrogen-bond acceptors (Lipinski definition) is 4. The monoisotopic (exact) mass is 445 g/mol. The van der Waals surface area contributed by atoms with Crippen molar-refractivity contribution in [2.24, 2.45) is 0 Å². The van der Waals surface area contributed by atoms with Crippen molar-refractivity contribution in [2.45, 2.75) is 0 Å². The topological polar surface area (TPSA) is 66.0 Å². The van der Waals surface area contributed by atoms with Crippen LogP contribution >= 0.6 is 0 Å². The summed E-state index contributed by atoms with van der Waals surface area (Å²) in [6.45, 7) is 0. The predicted molar refractivity (Wildman–Crippen MR) is 70.4 cm³/mol. The zero-order valence-electron chi connectivity index (χ0n) is 9.78. The molecule has 2 aromatic carbocycles. The molecule has 0 spiro atoms. The minimum absolute atomic E-state index is 0.560. The van der Waals surface area contributed by atoms with Crippen molar-refractivity contribution in [1.29, 1.82) is 10.5 Å². The number of nitrogens with zero attached hydrogens (tertiary/aromatic N) is 2. The van der Waals surface area contributed by atoms with Crippen LogP contribution in [0.2, 0.25) is 0 Å². The second kappa shape index (κ2) is 6.73. The summed E-state index contributed by atoms with van der Waals surface area (Å²) in [5.74, 6) is 1.12. The van der Waals surface area contributed by atoms with E-state index in [1.54, 1.807) is 36.8 Å². The van der Waals surface area contributed by atoms with Crippen LogP contribution in [0, 0.1) is 23.0 Å². The molecule has 0 aromatic heterocycles. The second-order valence-electron chi connectivity index (χ2n) is 3.49. The third-order valence-corrected chi connectivity index (χ3v) is 6.58. The Morgan fingerprint density at radius 3 is 1.37 bits per heavy atom. The van der Waals surface area contributed by atoms with E-state index in [1.165, 1.54) is 6.54 Å². The first kappa shape index (κ1) is 13.3. The Hall–Kier alpha value is -2.10. The van der Waals surface area contributed by atoms with Crippen molar-refractivity contribution in [3.8, 4) is 24.0 Å². The fraction of sp³-hybridized carbons (Fsp3) is 0.